The summed E-state index contributed by atoms with van der Waals surface area (Å²) in [4.78, 5) is 25.9. The lowest BCUT2D eigenvalue weighted by atomic mass is 10.1. The maximum Gasteiger partial charge on any atom is 0.264 e. The molecular weight excluding hydrogens is 310 g/mol. The second-order valence-corrected chi connectivity index (χ2v) is 7.50. The fourth-order valence-corrected chi connectivity index (χ4v) is 5.22. The van der Waals surface area contributed by atoms with Crippen molar-refractivity contribution in [2.45, 2.75) is 52.2 Å². The van der Waals surface area contributed by atoms with E-state index in [4.69, 9.17) is 4.74 Å². The third kappa shape index (κ3) is 2.35. The Bertz CT molecular complexity index is 786. The van der Waals surface area contributed by atoms with Crippen molar-refractivity contribution in [3.63, 3.8) is 0 Å². The topological polar surface area (TPSA) is 55.3 Å². The number of carbonyl (C=O) groups excluding carboxylic acids is 1. The van der Waals surface area contributed by atoms with E-state index in [1.54, 1.807) is 0 Å². The summed E-state index contributed by atoms with van der Waals surface area (Å²) < 4.78 is 5.83. The summed E-state index contributed by atoms with van der Waals surface area (Å²) in [6.45, 7) is 7.25. The molecule has 6 heteroatoms. The molecule has 1 aliphatic carbocycles. The minimum absolute atomic E-state index is 0.141. The van der Waals surface area contributed by atoms with Crippen LogP contribution in [-0.4, -0.2) is 46.1 Å². The number of rotatable bonds is 1. The Morgan fingerprint density at radius 1 is 1.26 bits per heavy atom. The molecule has 122 valence electrons. The average Bonchev–Trinajstić information content (AvgIpc) is 3.10. The molecule has 5 nitrogen and oxygen atoms in total. The summed E-state index contributed by atoms with van der Waals surface area (Å²) in [5, 5.41) is 1.04. The first-order valence-electron chi connectivity index (χ1n) is 8.23. The smallest absolute Gasteiger partial charge is 0.264 e. The molecule has 2 aromatic rings. The molecule has 1 amide bonds. The van der Waals surface area contributed by atoms with Crippen LogP contribution in [0.1, 0.15) is 46.0 Å². The minimum Gasteiger partial charge on any atom is -0.374 e. The molecule has 23 heavy (non-hydrogen) atoms. The average molecular weight is 331 g/mol. The molecule has 0 unspecified atom stereocenters. The van der Waals surface area contributed by atoms with Crippen LogP contribution in [0.15, 0.2) is 0 Å². The van der Waals surface area contributed by atoms with Crippen LogP contribution in [0.25, 0.3) is 10.2 Å². The molecule has 0 radical (unpaired) electrons. The van der Waals surface area contributed by atoms with Crippen LogP contribution < -0.4 is 0 Å². The number of thiophene rings is 1. The number of hydrogen-bond donors (Lipinski definition) is 0. The second kappa shape index (κ2) is 5.53. The summed E-state index contributed by atoms with van der Waals surface area (Å²) in [5.41, 5.74) is 1.98. The first kappa shape index (κ1) is 15.0. The Hall–Kier alpha value is -1.53. The van der Waals surface area contributed by atoms with Gasteiger partial charge < -0.3 is 9.64 Å². The number of nitrogens with zero attached hydrogens (tertiary/aromatic N) is 3. The van der Waals surface area contributed by atoms with E-state index in [-0.39, 0.29) is 18.1 Å². The highest BCUT2D eigenvalue weighted by molar-refractivity contribution is 7.20. The van der Waals surface area contributed by atoms with Gasteiger partial charge in [-0.1, -0.05) is 0 Å². The van der Waals surface area contributed by atoms with Crippen molar-refractivity contribution in [2.75, 3.05) is 13.2 Å². The zero-order valence-electron chi connectivity index (χ0n) is 13.8. The van der Waals surface area contributed by atoms with E-state index in [9.17, 15) is 4.79 Å². The Labute approximate surface area is 139 Å². The van der Waals surface area contributed by atoms with Gasteiger partial charge >= 0.3 is 0 Å². The zero-order valence-corrected chi connectivity index (χ0v) is 14.6. The number of amides is 1. The second-order valence-electron chi connectivity index (χ2n) is 6.50. The summed E-state index contributed by atoms with van der Waals surface area (Å²) in [6.07, 6.45) is 3.50. The molecule has 2 fully saturated rings. The van der Waals surface area contributed by atoms with Crippen molar-refractivity contribution >= 4 is 27.5 Å². The van der Waals surface area contributed by atoms with E-state index in [1.807, 2.05) is 25.7 Å². The molecule has 2 aliphatic rings. The Kier molecular flexibility index (Phi) is 3.61. The zero-order chi connectivity index (χ0) is 16.1. The predicted molar refractivity (Wildman–Crippen MR) is 90.0 cm³/mol. The van der Waals surface area contributed by atoms with Crippen LogP contribution in [0.3, 0.4) is 0 Å². The van der Waals surface area contributed by atoms with Gasteiger partial charge in [0.2, 0.25) is 0 Å². The number of aryl methyl sites for hydroxylation is 3. The van der Waals surface area contributed by atoms with Gasteiger partial charge in [-0.3, -0.25) is 4.79 Å². The van der Waals surface area contributed by atoms with Crippen molar-refractivity contribution < 1.29 is 9.53 Å². The van der Waals surface area contributed by atoms with E-state index in [0.717, 1.165) is 51.4 Å². The Morgan fingerprint density at radius 3 is 2.91 bits per heavy atom. The van der Waals surface area contributed by atoms with Crippen LogP contribution in [0.2, 0.25) is 0 Å². The van der Waals surface area contributed by atoms with E-state index >= 15 is 0 Å². The van der Waals surface area contributed by atoms with Gasteiger partial charge in [-0.2, -0.15) is 0 Å². The summed E-state index contributed by atoms with van der Waals surface area (Å²) in [6, 6.07) is 0.245. The van der Waals surface area contributed by atoms with Crippen molar-refractivity contribution in [2.24, 2.45) is 0 Å². The van der Waals surface area contributed by atoms with Gasteiger partial charge in [0.15, 0.2) is 0 Å². The van der Waals surface area contributed by atoms with Crippen molar-refractivity contribution in [1.82, 2.24) is 14.9 Å². The fraction of sp³-hybridized carbons (Fsp3) is 0.588. The van der Waals surface area contributed by atoms with Crippen LogP contribution in [-0.2, 0) is 4.74 Å². The molecule has 3 heterocycles. The van der Waals surface area contributed by atoms with Gasteiger partial charge in [-0.25, -0.2) is 9.97 Å². The molecule has 1 saturated carbocycles. The number of carbonyl (C=O) groups is 1. The molecular formula is C17H21N3O2S. The fourth-order valence-electron chi connectivity index (χ4n) is 3.99. The first-order chi connectivity index (χ1) is 11.1. The first-order valence-corrected chi connectivity index (χ1v) is 9.05. The number of fused-ring (bicyclic) bond motifs is 2. The maximum atomic E-state index is 13.2. The van der Waals surface area contributed by atoms with Crippen molar-refractivity contribution in [3.05, 3.63) is 22.0 Å². The minimum atomic E-state index is 0.141. The Balaban J connectivity index is 1.75. The lowest BCUT2D eigenvalue weighted by Crippen LogP contribution is -2.51. The van der Waals surface area contributed by atoms with Gasteiger partial charge in [-0.05, 0) is 45.6 Å². The van der Waals surface area contributed by atoms with Gasteiger partial charge in [0, 0.05) is 17.6 Å². The normalized spacial score (nSPS) is 24.2. The summed E-state index contributed by atoms with van der Waals surface area (Å²) >= 11 is 1.51. The molecule has 1 saturated heterocycles. The van der Waals surface area contributed by atoms with Gasteiger partial charge in [0.25, 0.3) is 5.91 Å². The maximum absolute atomic E-state index is 13.2. The molecule has 0 spiro atoms. The molecule has 0 bridgehead atoms. The standard InChI is InChI=1S/C17H21N3O2S/c1-9-14-10(2)18-11(3)19-16(14)23-15(9)17(21)20-7-8-22-13-6-4-5-12(13)20/h12-13H,4-8H2,1-3H3/t12-,13-/m1/s1. The highest BCUT2D eigenvalue weighted by Gasteiger charge is 2.39. The molecule has 0 aromatic carbocycles. The monoisotopic (exact) mass is 331 g/mol. The number of ether oxygens (including phenoxy) is 1. The van der Waals surface area contributed by atoms with Crippen LogP contribution in [0, 0.1) is 20.8 Å². The molecule has 2 aromatic heterocycles. The lowest BCUT2D eigenvalue weighted by Gasteiger charge is -2.37. The molecule has 2 atom stereocenters. The SMILES string of the molecule is Cc1nc(C)c2c(C)c(C(=O)N3CCO[C@@H]4CCC[C@H]43)sc2n1. The highest BCUT2D eigenvalue weighted by Crippen LogP contribution is 2.35. The van der Waals surface area contributed by atoms with Crippen LogP contribution in [0.5, 0.6) is 0 Å². The van der Waals surface area contributed by atoms with Crippen LogP contribution >= 0.6 is 11.3 Å². The van der Waals surface area contributed by atoms with E-state index in [2.05, 4.69) is 9.97 Å². The van der Waals surface area contributed by atoms with Crippen molar-refractivity contribution in [3.8, 4) is 0 Å². The Morgan fingerprint density at radius 2 is 2.09 bits per heavy atom. The van der Waals surface area contributed by atoms with Gasteiger partial charge in [0.1, 0.15) is 10.7 Å². The predicted octanol–water partition coefficient (Wildman–Crippen LogP) is 3.01. The highest BCUT2D eigenvalue weighted by atomic mass is 32.1. The van der Waals surface area contributed by atoms with E-state index < -0.39 is 0 Å². The lowest BCUT2D eigenvalue weighted by molar-refractivity contribution is -0.0444. The van der Waals surface area contributed by atoms with Gasteiger partial charge in [-0.15, -0.1) is 11.3 Å². The van der Waals surface area contributed by atoms with Crippen LogP contribution in [0.4, 0.5) is 0 Å². The van der Waals surface area contributed by atoms with Gasteiger partial charge in [0.05, 0.1) is 23.6 Å². The molecule has 0 N–H and O–H groups in total. The number of aromatic nitrogens is 2. The third-order valence-corrected chi connectivity index (χ3v) is 6.19. The largest absolute Gasteiger partial charge is 0.374 e. The molecule has 1 aliphatic heterocycles. The van der Waals surface area contributed by atoms with E-state index in [0.29, 0.717) is 13.2 Å². The van der Waals surface area contributed by atoms with E-state index in [1.165, 1.54) is 11.3 Å². The molecule has 4 rings (SSSR count). The quantitative estimate of drug-likeness (QED) is 0.806. The van der Waals surface area contributed by atoms with Crippen molar-refractivity contribution in [1.29, 1.82) is 0 Å². The summed E-state index contributed by atoms with van der Waals surface area (Å²) in [5.74, 6) is 0.903. The summed E-state index contributed by atoms with van der Waals surface area (Å²) in [7, 11) is 0. The third-order valence-electron chi connectivity index (χ3n) is 5.02. The number of morpholine rings is 1. The number of hydrogen-bond acceptors (Lipinski definition) is 5.